The van der Waals surface area contributed by atoms with Crippen LogP contribution in [0.3, 0.4) is 0 Å². The number of nitrogens with zero attached hydrogens (tertiary/aromatic N) is 2. The minimum absolute atomic E-state index is 0.731. The zero-order chi connectivity index (χ0) is 17.9. The molecule has 0 unspecified atom stereocenters. The summed E-state index contributed by atoms with van der Waals surface area (Å²) in [6.07, 6.45) is 0. The van der Waals surface area contributed by atoms with Crippen LogP contribution in [0.5, 0.6) is 0 Å². The Morgan fingerprint density at radius 2 is 1.12 bits per heavy atom. The van der Waals surface area contributed by atoms with Crippen molar-refractivity contribution in [3.05, 3.63) is 95.0 Å². The predicted octanol–water partition coefficient (Wildman–Crippen LogP) is 6.55. The minimum atomic E-state index is 0.731. The first-order chi connectivity index (χ1) is 12.7. The van der Waals surface area contributed by atoms with Gasteiger partial charge in [-0.25, -0.2) is 9.97 Å². The highest BCUT2D eigenvalue weighted by atomic mass is 79.9. The van der Waals surface area contributed by atoms with Gasteiger partial charge in [-0.1, -0.05) is 88.7 Å². The minimum Gasteiger partial charge on any atom is -0.228 e. The average molecular weight is 401 g/mol. The quantitative estimate of drug-likeness (QED) is 0.389. The molecule has 0 saturated heterocycles. The molecule has 4 rings (SSSR count). The van der Waals surface area contributed by atoms with Crippen molar-refractivity contribution in [2.24, 2.45) is 0 Å². The molecule has 1 aromatic heterocycles. The molecule has 0 aliphatic heterocycles. The predicted molar refractivity (Wildman–Crippen MR) is 111 cm³/mol. The Labute approximate surface area is 161 Å². The number of halogens is 1. The molecule has 1 heterocycles. The first-order valence-electron chi connectivity index (χ1n) is 8.48. The summed E-state index contributed by atoms with van der Waals surface area (Å²) in [5, 5.41) is 0. The SMILES string of the molecule is Cc1c(-c2ccccc2)nc(-c2cccc(Br)c2)nc1-c1ccccc1. The van der Waals surface area contributed by atoms with Crippen LogP contribution in [0.2, 0.25) is 0 Å². The van der Waals surface area contributed by atoms with E-state index >= 15 is 0 Å². The Bertz CT molecular complexity index is 984. The molecule has 0 saturated carbocycles. The van der Waals surface area contributed by atoms with Crippen LogP contribution < -0.4 is 0 Å². The molecular weight excluding hydrogens is 384 g/mol. The van der Waals surface area contributed by atoms with Crippen molar-refractivity contribution < 1.29 is 0 Å². The van der Waals surface area contributed by atoms with E-state index in [-0.39, 0.29) is 0 Å². The molecule has 0 fully saturated rings. The lowest BCUT2D eigenvalue weighted by Crippen LogP contribution is -2.00. The first-order valence-corrected chi connectivity index (χ1v) is 9.27. The molecular formula is C23H17BrN2. The van der Waals surface area contributed by atoms with Gasteiger partial charge in [0.2, 0.25) is 0 Å². The van der Waals surface area contributed by atoms with Gasteiger partial charge >= 0.3 is 0 Å². The molecule has 126 valence electrons. The Morgan fingerprint density at radius 3 is 1.62 bits per heavy atom. The highest BCUT2D eigenvalue weighted by Crippen LogP contribution is 2.32. The smallest absolute Gasteiger partial charge is 0.160 e. The molecule has 3 heteroatoms. The summed E-state index contributed by atoms with van der Waals surface area (Å²) in [5.41, 5.74) is 6.21. The third-order valence-corrected chi connectivity index (χ3v) is 4.82. The van der Waals surface area contributed by atoms with Crippen LogP contribution in [-0.4, -0.2) is 9.97 Å². The molecule has 3 aromatic carbocycles. The van der Waals surface area contributed by atoms with Crippen LogP contribution in [0.1, 0.15) is 5.56 Å². The fourth-order valence-electron chi connectivity index (χ4n) is 3.03. The van der Waals surface area contributed by atoms with Gasteiger partial charge < -0.3 is 0 Å². The highest BCUT2D eigenvalue weighted by Gasteiger charge is 2.15. The number of hydrogen-bond acceptors (Lipinski definition) is 2. The third-order valence-electron chi connectivity index (χ3n) is 4.32. The molecule has 0 bridgehead atoms. The van der Waals surface area contributed by atoms with Crippen LogP contribution in [0.15, 0.2) is 89.4 Å². The lowest BCUT2D eigenvalue weighted by atomic mass is 10.0. The molecule has 2 nitrogen and oxygen atoms in total. The van der Waals surface area contributed by atoms with E-state index in [4.69, 9.17) is 9.97 Å². The van der Waals surface area contributed by atoms with Gasteiger partial charge in [-0.2, -0.15) is 0 Å². The topological polar surface area (TPSA) is 25.8 Å². The molecule has 0 N–H and O–H groups in total. The summed E-state index contributed by atoms with van der Waals surface area (Å²) in [6, 6.07) is 28.7. The Morgan fingerprint density at radius 1 is 0.615 bits per heavy atom. The number of hydrogen-bond donors (Lipinski definition) is 0. The van der Waals surface area contributed by atoms with Gasteiger partial charge in [-0.05, 0) is 19.1 Å². The van der Waals surface area contributed by atoms with Crippen molar-refractivity contribution in [1.82, 2.24) is 9.97 Å². The summed E-state index contributed by atoms with van der Waals surface area (Å²) in [7, 11) is 0. The second-order valence-corrected chi connectivity index (χ2v) is 7.03. The monoisotopic (exact) mass is 400 g/mol. The molecule has 26 heavy (non-hydrogen) atoms. The first kappa shape index (κ1) is 16.7. The van der Waals surface area contributed by atoms with Gasteiger partial charge in [0.25, 0.3) is 0 Å². The largest absolute Gasteiger partial charge is 0.228 e. The van der Waals surface area contributed by atoms with Gasteiger partial charge in [0.05, 0.1) is 11.4 Å². The van der Waals surface area contributed by atoms with Gasteiger partial charge in [0.1, 0.15) is 0 Å². The van der Waals surface area contributed by atoms with Gasteiger partial charge in [-0.3, -0.25) is 0 Å². The maximum Gasteiger partial charge on any atom is 0.160 e. The van der Waals surface area contributed by atoms with E-state index in [9.17, 15) is 0 Å². The van der Waals surface area contributed by atoms with Gasteiger partial charge in [-0.15, -0.1) is 0 Å². The summed E-state index contributed by atoms with van der Waals surface area (Å²) in [6.45, 7) is 2.09. The molecule has 0 amide bonds. The van der Waals surface area contributed by atoms with Crippen molar-refractivity contribution in [3.8, 4) is 33.9 Å². The highest BCUT2D eigenvalue weighted by molar-refractivity contribution is 9.10. The zero-order valence-electron chi connectivity index (χ0n) is 14.4. The summed E-state index contributed by atoms with van der Waals surface area (Å²) < 4.78 is 1.02. The van der Waals surface area contributed by atoms with Gasteiger partial charge in [0.15, 0.2) is 5.82 Å². The van der Waals surface area contributed by atoms with Crippen molar-refractivity contribution in [3.63, 3.8) is 0 Å². The van der Waals surface area contributed by atoms with E-state index in [1.807, 2.05) is 60.7 Å². The third kappa shape index (κ3) is 3.31. The molecule has 0 radical (unpaired) electrons. The Balaban J connectivity index is 1.99. The van der Waals surface area contributed by atoms with Crippen molar-refractivity contribution >= 4 is 15.9 Å². The lowest BCUT2D eigenvalue weighted by Gasteiger charge is -2.13. The van der Waals surface area contributed by atoms with Crippen LogP contribution in [-0.2, 0) is 0 Å². The summed E-state index contributed by atoms with van der Waals surface area (Å²) in [5.74, 6) is 0.731. The zero-order valence-corrected chi connectivity index (χ0v) is 15.9. The van der Waals surface area contributed by atoms with E-state index in [0.717, 1.165) is 43.9 Å². The van der Waals surface area contributed by atoms with E-state index in [0.29, 0.717) is 0 Å². The van der Waals surface area contributed by atoms with Crippen LogP contribution >= 0.6 is 15.9 Å². The second kappa shape index (κ2) is 7.22. The van der Waals surface area contributed by atoms with E-state index in [2.05, 4.69) is 47.1 Å². The summed E-state index contributed by atoms with van der Waals surface area (Å²) >= 11 is 3.55. The van der Waals surface area contributed by atoms with Crippen LogP contribution in [0.4, 0.5) is 0 Å². The molecule has 0 atom stereocenters. The molecule has 0 aliphatic rings. The maximum atomic E-state index is 4.91. The van der Waals surface area contributed by atoms with E-state index < -0.39 is 0 Å². The number of benzene rings is 3. The standard InChI is InChI=1S/C23H17BrN2/c1-16-21(17-9-4-2-5-10-17)25-23(19-13-8-14-20(24)15-19)26-22(16)18-11-6-3-7-12-18/h2-15H,1H3. The average Bonchev–Trinajstić information content (AvgIpc) is 2.69. The Kier molecular flexibility index (Phi) is 4.63. The van der Waals surface area contributed by atoms with Crippen molar-refractivity contribution in [2.45, 2.75) is 6.92 Å². The molecule has 0 spiro atoms. The number of rotatable bonds is 3. The van der Waals surface area contributed by atoms with Crippen molar-refractivity contribution in [2.75, 3.05) is 0 Å². The fourth-order valence-corrected chi connectivity index (χ4v) is 3.43. The lowest BCUT2D eigenvalue weighted by molar-refractivity contribution is 1.15. The normalized spacial score (nSPS) is 10.7. The maximum absolute atomic E-state index is 4.91. The van der Waals surface area contributed by atoms with Crippen molar-refractivity contribution in [1.29, 1.82) is 0 Å². The van der Waals surface area contributed by atoms with E-state index in [1.54, 1.807) is 0 Å². The fraction of sp³-hybridized carbons (Fsp3) is 0.0435. The van der Waals surface area contributed by atoms with Crippen LogP contribution in [0, 0.1) is 6.92 Å². The Hall–Kier alpha value is -2.78. The van der Waals surface area contributed by atoms with Crippen LogP contribution in [0.25, 0.3) is 33.9 Å². The van der Waals surface area contributed by atoms with E-state index in [1.165, 1.54) is 0 Å². The summed E-state index contributed by atoms with van der Waals surface area (Å²) in [4.78, 5) is 9.82. The molecule has 4 aromatic rings. The van der Waals surface area contributed by atoms with Gasteiger partial charge in [0, 0.05) is 26.7 Å². The molecule has 0 aliphatic carbocycles. The number of aromatic nitrogens is 2. The second-order valence-electron chi connectivity index (χ2n) is 6.11.